The number of carbonyl (C=O) groups excluding carboxylic acids is 1. The summed E-state index contributed by atoms with van der Waals surface area (Å²) in [7, 11) is 0.824. The van der Waals surface area contributed by atoms with Crippen LogP contribution in [0.4, 0.5) is 5.69 Å². The quantitative estimate of drug-likeness (QED) is 0.771. The first-order chi connectivity index (χ1) is 7.91. The molecular formula is C10H18N4O2S. The van der Waals surface area contributed by atoms with Gasteiger partial charge in [-0.1, -0.05) is 0 Å². The Morgan fingerprint density at radius 2 is 2.35 bits per heavy atom. The van der Waals surface area contributed by atoms with Crippen LogP contribution >= 0.6 is 0 Å². The fraction of sp³-hybridized carbons (Fsp3) is 0.600. The highest BCUT2D eigenvalue weighted by molar-refractivity contribution is 7.84. The summed E-state index contributed by atoms with van der Waals surface area (Å²) in [4.78, 5) is 11.9. The Morgan fingerprint density at radius 3 is 2.82 bits per heavy atom. The van der Waals surface area contributed by atoms with Crippen LogP contribution in [-0.2, 0) is 17.8 Å². The molecule has 0 aliphatic carbocycles. The smallest absolute Gasteiger partial charge is 0.271 e. The third-order valence-corrected chi connectivity index (χ3v) is 3.21. The van der Waals surface area contributed by atoms with E-state index in [0.29, 0.717) is 23.6 Å². The molecule has 1 aromatic rings. The Morgan fingerprint density at radius 1 is 1.71 bits per heavy atom. The molecule has 0 saturated carbocycles. The van der Waals surface area contributed by atoms with Crippen molar-refractivity contribution in [1.82, 2.24) is 15.1 Å². The lowest BCUT2D eigenvalue weighted by Crippen LogP contribution is -2.35. The molecule has 3 N–H and O–H groups in total. The van der Waals surface area contributed by atoms with Gasteiger partial charge < -0.3 is 11.1 Å². The van der Waals surface area contributed by atoms with Gasteiger partial charge in [-0.15, -0.1) is 0 Å². The molecule has 1 amide bonds. The number of aryl methyl sites for hydroxylation is 1. The van der Waals surface area contributed by atoms with Crippen LogP contribution in [0.3, 0.4) is 0 Å². The van der Waals surface area contributed by atoms with Gasteiger partial charge in [-0.05, 0) is 13.3 Å². The van der Waals surface area contributed by atoms with Gasteiger partial charge in [-0.2, -0.15) is 5.10 Å². The first-order valence-electron chi connectivity index (χ1n) is 5.30. The molecule has 96 valence electrons. The summed E-state index contributed by atoms with van der Waals surface area (Å²) < 4.78 is 12.4. The van der Waals surface area contributed by atoms with E-state index in [9.17, 15) is 9.00 Å². The fourth-order valence-corrected chi connectivity index (χ4v) is 2.13. The lowest BCUT2D eigenvalue weighted by molar-refractivity contribution is 0.0931. The van der Waals surface area contributed by atoms with E-state index in [4.69, 9.17) is 5.73 Å². The number of carbonyl (C=O) groups is 1. The maximum absolute atomic E-state index is 11.9. The molecule has 0 aliphatic heterocycles. The highest BCUT2D eigenvalue weighted by Crippen LogP contribution is 2.09. The summed E-state index contributed by atoms with van der Waals surface area (Å²) >= 11 is 0. The van der Waals surface area contributed by atoms with Gasteiger partial charge in [0.25, 0.3) is 5.91 Å². The lowest BCUT2D eigenvalue weighted by atomic mass is 10.2. The van der Waals surface area contributed by atoms with Crippen LogP contribution in [0.5, 0.6) is 0 Å². The third-order valence-electron chi connectivity index (χ3n) is 2.40. The van der Waals surface area contributed by atoms with E-state index in [2.05, 4.69) is 10.4 Å². The third kappa shape index (κ3) is 3.85. The number of hydrogen-bond acceptors (Lipinski definition) is 4. The van der Waals surface area contributed by atoms with Crippen molar-refractivity contribution in [3.05, 3.63) is 11.9 Å². The molecule has 0 bridgehead atoms. The highest BCUT2D eigenvalue weighted by atomic mass is 32.2. The van der Waals surface area contributed by atoms with E-state index in [1.807, 2.05) is 6.92 Å². The van der Waals surface area contributed by atoms with Crippen molar-refractivity contribution in [2.75, 3.05) is 17.7 Å². The molecule has 6 nitrogen and oxygen atoms in total. The molecule has 0 fully saturated rings. The second-order valence-corrected chi connectivity index (χ2v) is 5.57. The molecule has 17 heavy (non-hydrogen) atoms. The Balaban J connectivity index is 2.58. The molecule has 0 spiro atoms. The van der Waals surface area contributed by atoms with Gasteiger partial charge in [0, 0.05) is 35.9 Å². The van der Waals surface area contributed by atoms with Crippen LogP contribution in [0.2, 0.25) is 0 Å². The molecule has 1 aromatic heterocycles. The average Bonchev–Trinajstić information content (AvgIpc) is 2.55. The number of aromatic nitrogens is 2. The van der Waals surface area contributed by atoms with Gasteiger partial charge in [-0.25, -0.2) is 0 Å². The monoisotopic (exact) mass is 258 g/mol. The van der Waals surface area contributed by atoms with Crippen LogP contribution in [0.15, 0.2) is 6.20 Å². The minimum absolute atomic E-state index is 0.0410. The van der Waals surface area contributed by atoms with Gasteiger partial charge in [-0.3, -0.25) is 13.7 Å². The summed E-state index contributed by atoms with van der Waals surface area (Å²) in [6.45, 7) is 1.87. The van der Waals surface area contributed by atoms with E-state index in [0.717, 1.165) is 0 Å². The minimum Gasteiger partial charge on any atom is -0.396 e. The summed E-state index contributed by atoms with van der Waals surface area (Å²) in [5, 5.41) is 6.71. The average molecular weight is 258 g/mol. The van der Waals surface area contributed by atoms with Crippen molar-refractivity contribution in [2.45, 2.75) is 19.4 Å². The van der Waals surface area contributed by atoms with Crippen LogP contribution < -0.4 is 11.1 Å². The van der Waals surface area contributed by atoms with Gasteiger partial charge in [0.15, 0.2) is 0 Å². The molecule has 2 unspecified atom stereocenters. The van der Waals surface area contributed by atoms with Gasteiger partial charge in [0.1, 0.15) is 5.69 Å². The summed E-state index contributed by atoms with van der Waals surface area (Å²) in [6.07, 6.45) is 3.76. The summed E-state index contributed by atoms with van der Waals surface area (Å²) in [5.74, 6) is 0.319. The Labute approximate surface area is 103 Å². The van der Waals surface area contributed by atoms with Crippen molar-refractivity contribution < 1.29 is 9.00 Å². The minimum atomic E-state index is -0.840. The van der Waals surface area contributed by atoms with Gasteiger partial charge >= 0.3 is 0 Å². The van der Waals surface area contributed by atoms with E-state index in [-0.39, 0.29) is 11.9 Å². The van der Waals surface area contributed by atoms with E-state index >= 15 is 0 Å². The second-order valence-electron chi connectivity index (χ2n) is 4.01. The topological polar surface area (TPSA) is 90.0 Å². The molecule has 0 saturated heterocycles. The number of nitrogens with zero attached hydrogens (tertiary/aromatic N) is 2. The summed E-state index contributed by atoms with van der Waals surface area (Å²) in [6, 6.07) is -0.0410. The van der Waals surface area contributed by atoms with Crippen molar-refractivity contribution >= 4 is 22.4 Å². The zero-order chi connectivity index (χ0) is 13.0. The van der Waals surface area contributed by atoms with Crippen LogP contribution in [0.25, 0.3) is 0 Å². The normalized spacial score (nSPS) is 14.3. The number of anilines is 1. The standard InChI is InChI=1S/C10H18N4O2S/c1-7(4-5-17(3)16)13-10(15)9-8(11)6-12-14(9)2/h6-7H,4-5,11H2,1-3H3,(H,13,15). The van der Waals surface area contributed by atoms with Crippen molar-refractivity contribution in [3.63, 3.8) is 0 Å². The first-order valence-corrected chi connectivity index (χ1v) is 7.03. The molecule has 0 aromatic carbocycles. The molecule has 1 rings (SSSR count). The molecule has 0 radical (unpaired) electrons. The number of nitrogens with two attached hydrogens (primary N) is 1. The Kier molecular flexibility index (Phi) is 4.68. The number of amides is 1. The summed E-state index contributed by atoms with van der Waals surface area (Å²) in [5.41, 5.74) is 6.36. The zero-order valence-corrected chi connectivity index (χ0v) is 11.1. The second kappa shape index (κ2) is 5.81. The zero-order valence-electron chi connectivity index (χ0n) is 10.3. The SMILES string of the molecule is CC(CCS(C)=O)NC(=O)c1c(N)cnn1C. The Bertz CT molecular complexity index is 410. The molecular weight excluding hydrogens is 240 g/mol. The number of hydrogen-bond donors (Lipinski definition) is 2. The predicted octanol–water partition coefficient (Wildman–Crippen LogP) is -0.111. The predicted molar refractivity (Wildman–Crippen MR) is 68.1 cm³/mol. The van der Waals surface area contributed by atoms with Gasteiger partial charge in [0.05, 0.1) is 11.9 Å². The maximum atomic E-state index is 11.9. The van der Waals surface area contributed by atoms with Crippen molar-refractivity contribution in [2.24, 2.45) is 7.05 Å². The van der Waals surface area contributed by atoms with Crippen LogP contribution in [0.1, 0.15) is 23.8 Å². The maximum Gasteiger partial charge on any atom is 0.271 e. The molecule has 2 atom stereocenters. The van der Waals surface area contributed by atoms with Crippen molar-refractivity contribution in [1.29, 1.82) is 0 Å². The molecule has 0 aliphatic rings. The largest absolute Gasteiger partial charge is 0.396 e. The molecule has 1 heterocycles. The van der Waals surface area contributed by atoms with E-state index < -0.39 is 10.8 Å². The van der Waals surface area contributed by atoms with Crippen LogP contribution in [-0.4, -0.2) is 37.9 Å². The van der Waals surface area contributed by atoms with E-state index in [1.54, 1.807) is 13.3 Å². The lowest BCUT2D eigenvalue weighted by Gasteiger charge is -2.13. The number of nitrogen functional groups attached to an aromatic ring is 1. The van der Waals surface area contributed by atoms with Gasteiger partial charge in [0.2, 0.25) is 0 Å². The van der Waals surface area contributed by atoms with Crippen LogP contribution in [0, 0.1) is 0 Å². The van der Waals surface area contributed by atoms with E-state index in [1.165, 1.54) is 10.9 Å². The van der Waals surface area contributed by atoms with Crippen molar-refractivity contribution in [3.8, 4) is 0 Å². The Hall–Kier alpha value is -1.37. The number of nitrogens with one attached hydrogen (secondary N) is 1. The highest BCUT2D eigenvalue weighted by Gasteiger charge is 2.16. The number of rotatable bonds is 5. The fourth-order valence-electron chi connectivity index (χ4n) is 1.44. The first kappa shape index (κ1) is 13.7. The molecule has 7 heteroatoms.